The molecule has 1 aliphatic rings. The molecule has 1 aliphatic heterocycles. The number of rotatable bonds is 5. The molecule has 0 radical (unpaired) electrons. The van der Waals surface area contributed by atoms with Crippen molar-refractivity contribution in [3.63, 3.8) is 0 Å². The number of nitrogens with zero attached hydrogens (tertiary/aromatic N) is 2. The fourth-order valence-corrected chi connectivity index (χ4v) is 4.18. The predicted molar refractivity (Wildman–Crippen MR) is 98.2 cm³/mol. The lowest BCUT2D eigenvalue weighted by atomic mass is 9.98. The monoisotopic (exact) mass is 373 g/mol. The van der Waals surface area contributed by atoms with E-state index in [1.165, 1.54) is 34.7 Å². The summed E-state index contributed by atoms with van der Waals surface area (Å²) in [6.07, 6.45) is 1.64. The summed E-state index contributed by atoms with van der Waals surface area (Å²) in [6.45, 7) is 2.55. The fourth-order valence-electron chi connectivity index (χ4n) is 3.26. The molecule has 2 amide bonds. The zero-order chi connectivity index (χ0) is 18.7. The Hall–Kier alpha value is -2.74. The highest BCUT2D eigenvalue weighted by atomic mass is 32.1. The lowest BCUT2D eigenvalue weighted by Crippen LogP contribution is -2.44. The maximum atomic E-state index is 12.6. The number of nitro groups is 1. The molecule has 3 rings (SSSR count). The molecule has 0 unspecified atom stereocenters. The number of nitrogens with one attached hydrogen (secondary N) is 1. The van der Waals surface area contributed by atoms with Gasteiger partial charge in [-0.2, -0.15) is 0 Å². The Labute approximate surface area is 154 Å². The number of benzene rings is 1. The maximum absolute atomic E-state index is 12.6. The van der Waals surface area contributed by atoms with Crippen LogP contribution < -0.4 is 5.32 Å². The van der Waals surface area contributed by atoms with Crippen LogP contribution in [0.1, 0.15) is 40.2 Å². The van der Waals surface area contributed by atoms with Gasteiger partial charge < -0.3 is 10.2 Å². The highest BCUT2D eigenvalue weighted by molar-refractivity contribution is 7.10. The summed E-state index contributed by atoms with van der Waals surface area (Å²) < 4.78 is 0. The van der Waals surface area contributed by atoms with Crippen molar-refractivity contribution in [2.75, 3.05) is 13.1 Å². The largest absolute Gasteiger partial charge is 0.343 e. The van der Waals surface area contributed by atoms with E-state index in [1.807, 2.05) is 17.2 Å². The summed E-state index contributed by atoms with van der Waals surface area (Å²) in [6, 6.07) is 7.56. The van der Waals surface area contributed by atoms with Crippen molar-refractivity contribution in [1.29, 1.82) is 0 Å². The third kappa shape index (κ3) is 3.60. The van der Waals surface area contributed by atoms with Crippen LogP contribution in [0.4, 0.5) is 5.69 Å². The topological polar surface area (TPSA) is 92.6 Å². The number of carbonyl (C=O) groups is 2. The van der Waals surface area contributed by atoms with Gasteiger partial charge in [-0.1, -0.05) is 13.0 Å². The first-order chi connectivity index (χ1) is 12.5. The van der Waals surface area contributed by atoms with Crippen molar-refractivity contribution in [2.24, 2.45) is 0 Å². The van der Waals surface area contributed by atoms with Crippen LogP contribution >= 0.6 is 11.3 Å². The average molecular weight is 373 g/mol. The number of nitro benzene ring substituents is 1. The van der Waals surface area contributed by atoms with Gasteiger partial charge >= 0.3 is 0 Å². The molecule has 0 bridgehead atoms. The quantitative estimate of drug-likeness (QED) is 0.644. The molecule has 136 valence electrons. The molecule has 0 saturated carbocycles. The van der Waals surface area contributed by atoms with E-state index in [0.717, 1.165) is 12.8 Å². The standard InChI is InChI=1S/C18H19N3O4S/c1-2-15-14-7-9-26-16(14)6-8-20(15)17(22)11-19-18(23)12-4-3-5-13(10-12)21(24)25/h3-5,7,9-10,15H,2,6,8,11H2,1H3,(H,19,23)/t15-/m1/s1. The van der Waals surface area contributed by atoms with Crippen LogP contribution in [0, 0.1) is 10.1 Å². The lowest BCUT2D eigenvalue weighted by Gasteiger charge is -2.35. The van der Waals surface area contributed by atoms with E-state index in [0.29, 0.717) is 6.54 Å². The molecule has 26 heavy (non-hydrogen) atoms. The average Bonchev–Trinajstić information content (AvgIpc) is 3.13. The SMILES string of the molecule is CC[C@@H]1c2ccsc2CCN1C(=O)CNC(=O)c1cccc([N+](=O)[O-])c1. The molecule has 0 fully saturated rings. The molecule has 2 aromatic rings. The summed E-state index contributed by atoms with van der Waals surface area (Å²) in [5, 5.41) is 15.4. The maximum Gasteiger partial charge on any atom is 0.270 e. The molecule has 1 aromatic carbocycles. The number of amides is 2. The normalized spacial score (nSPS) is 16.0. The summed E-state index contributed by atoms with van der Waals surface area (Å²) in [7, 11) is 0. The molecule has 1 atom stereocenters. The summed E-state index contributed by atoms with van der Waals surface area (Å²) in [5.41, 5.74) is 1.20. The van der Waals surface area contributed by atoms with Crippen molar-refractivity contribution < 1.29 is 14.5 Å². The summed E-state index contributed by atoms with van der Waals surface area (Å²) >= 11 is 1.71. The van der Waals surface area contributed by atoms with Crippen molar-refractivity contribution in [3.05, 3.63) is 61.8 Å². The van der Waals surface area contributed by atoms with E-state index in [9.17, 15) is 19.7 Å². The van der Waals surface area contributed by atoms with E-state index < -0.39 is 10.8 Å². The number of hydrogen-bond donors (Lipinski definition) is 1. The van der Waals surface area contributed by atoms with Crippen LogP contribution in [0.25, 0.3) is 0 Å². The molecule has 0 saturated heterocycles. The molecule has 0 aliphatic carbocycles. The summed E-state index contributed by atoms with van der Waals surface area (Å²) in [5.74, 6) is -0.643. The van der Waals surface area contributed by atoms with E-state index in [-0.39, 0.29) is 29.7 Å². The van der Waals surface area contributed by atoms with E-state index >= 15 is 0 Å². The number of carbonyl (C=O) groups excluding carboxylic acids is 2. The smallest absolute Gasteiger partial charge is 0.270 e. The van der Waals surface area contributed by atoms with Crippen molar-refractivity contribution in [1.82, 2.24) is 10.2 Å². The number of non-ortho nitro benzene ring substituents is 1. The van der Waals surface area contributed by atoms with Crippen LogP contribution in [0.15, 0.2) is 35.7 Å². The van der Waals surface area contributed by atoms with E-state index in [2.05, 4.69) is 11.4 Å². The van der Waals surface area contributed by atoms with Crippen LogP contribution in [-0.2, 0) is 11.2 Å². The zero-order valence-corrected chi connectivity index (χ0v) is 15.1. The fraction of sp³-hybridized carbons (Fsp3) is 0.333. The van der Waals surface area contributed by atoms with Crippen LogP contribution in [0.3, 0.4) is 0 Å². The minimum atomic E-state index is -0.556. The Balaban J connectivity index is 1.64. The number of fused-ring (bicyclic) bond motifs is 1. The van der Waals surface area contributed by atoms with Gasteiger partial charge in [0.25, 0.3) is 11.6 Å². The van der Waals surface area contributed by atoms with Crippen LogP contribution in [-0.4, -0.2) is 34.7 Å². The lowest BCUT2D eigenvalue weighted by molar-refractivity contribution is -0.384. The molecular weight excluding hydrogens is 354 g/mol. The van der Waals surface area contributed by atoms with Crippen LogP contribution in [0.2, 0.25) is 0 Å². The van der Waals surface area contributed by atoms with Gasteiger partial charge in [-0.15, -0.1) is 11.3 Å². The third-order valence-corrected chi connectivity index (χ3v) is 5.52. The first-order valence-electron chi connectivity index (χ1n) is 8.39. The second-order valence-corrected chi connectivity index (χ2v) is 7.05. The van der Waals surface area contributed by atoms with Crippen molar-refractivity contribution in [3.8, 4) is 0 Å². The Kier molecular flexibility index (Phi) is 5.32. The molecule has 7 nitrogen and oxygen atoms in total. The second kappa shape index (κ2) is 7.65. The van der Waals surface area contributed by atoms with Gasteiger partial charge in [-0.3, -0.25) is 19.7 Å². The molecule has 1 aromatic heterocycles. The Morgan fingerprint density at radius 2 is 2.19 bits per heavy atom. The minimum absolute atomic E-state index is 0.0345. The summed E-state index contributed by atoms with van der Waals surface area (Å²) in [4.78, 5) is 38.2. The molecule has 0 spiro atoms. The van der Waals surface area contributed by atoms with Gasteiger partial charge in [-0.25, -0.2) is 0 Å². The third-order valence-electron chi connectivity index (χ3n) is 4.52. The van der Waals surface area contributed by atoms with Crippen molar-refractivity contribution >= 4 is 28.8 Å². The first kappa shape index (κ1) is 18.1. The van der Waals surface area contributed by atoms with Gasteiger partial charge in [0.2, 0.25) is 5.91 Å². The first-order valence-corrected chi connectivity index (χ1v) is 9.27. The van der Waals surface area contributed by atoms with Gasteiger partial charge in [0.05, 0.1) is 17.5 Å². The molecule has 8 heteroatoms. The zero-order valence-electron chi connectivity index (χ0n) is 14.3. The van der Waals surface area contributed by atoms with E-state index in [1.54, 1.807) is 11.3 Å². The van der Waals surface area contributed by atoms with Gasteiger partial charge in [0, 0.05) is 29.1 Å². The Morgan fingerprint density at radius 3 is 2.92 bits per heavy atom. The van der Waals surface area contributed by atoms with Gasteiger partial charge in [0.1, 0.15) is 0 Å². The molecule has 2 heterocycles. The highest BCUT2D eigenvalue weighted by Crippen LogP contribution is 2.35. The van der Waals surface area contributed by atoms with Gasteiger partial charge in [-0.05, 0) is 35.9 Å². The highest BCUT2D eigenvalue weighted by Gasteiger charge is 2.30. The Morgan fingerprint density at radius 1 is 1.38 bits per heavy atom. The Bertz CT molecular complexity index is 848. The van der Waals surface area contributed by atoms with E-state index in [4.69, 9.17) is 0 Å². The number of thiophene rings is 1. The molecular formula is C18H19N3O4S. The van der Waals surface area contributed by atoms with Crippen molar-refractivity contribution in [2.45, 2.75) is 25.8 Å². The van der Waals surface area contributed by atoms with Crippen LogP contribution in [0.5, 0.6) is 0 Å². The minimum Gasteiger partial charge on any atom is -0.343 e. The van der Waals surface area contributed by atoms with Gasteiger partial charge in [0.15, 0.2) is 0 Å². The molecule has 1 N–H and O–H groups in total. The number of hydrogen-bond acceptors (Lipinski definition) is 5. The second-order valence-electron chi connectivity index (χ2n) is 6.05. The predicted octanol–water partition coefficient (Wildman–Crippen LogP) is 2.92.